The zero-order valence-electron chi connectivity index (χ0n) is 22.4. The van der Waals surface area contributed by atoms with Crippen molar-refractivity contribution in [2.75, 3.05) is 6.26 Å². The number of carbonyl (C=O) groups excluding carboxylic acids is 1. The lowest BCUT2D eigenvalue weighted by Gasteiger charge is -2.36. The van der Waals surface area contributed by atoms with Crippen LogP contribution in [0, 0.1) is 11.3 Å². The maximum atomic E-state index is 13.6. The van der Waals surface area contributed by atoms with Crippen LogP contribution in [0.4, 0.5) is 8.78 Å². The summed E-state index contributed by atoms with van der Waals surface area (Å²) in [6, 6.07) is 22.3. The molecule has 1 aliphatic heterocycles. The molecule has 0 aromatic heterocycles. The van der Waals surface area contributed by atoms with E-state index in [0.717, 1.165) is 16.8 Å². The molecule has 0 radical (unpaired) electrons. The molecule has 0 fully saturated rings. The van der Waals surface area contributed by atoms with Gasteiger partial charge in [0.1, 0.15) is 0 Å². The molecule has 0 saturated carbocycles. The van der Waals surface area contributed by atoms with E-state index < -0.39 is 17.2 Å². The van der Waals surface area contributed by atoms with Crippen LogP contribution in [0.25, 0.3) is 5.57 Å². The Bertz CT molecular complexity index is 1570. The second-order valence-electron chi connectivity index (χ2n) is 9.51. The van der Waals surface area contributed by atoms with Crippen LogP contribution < -0.4 is 5.32 Å². The Hall–Kier alpha value is -4.35. The lowest BCUT2D eigenvalue weighted by atomic mass is 9.87. The minimum absolute atomic E-state index is 0.116. The zero-order chi connectivity index (χ0) is 29.0. The lowest BCUT2D eigenvalue weighted by molar-refractivity contribution is -0.117. The molecule has 2 unspecified atom stereocenters. The van der Waals surface area contributed by atoms with Gasteiger partial charge in [-0.25, -0.2) is 8.78 Å². The molecule has 2 atom stereocenters. The number of alkyl halides is 2. The minimum atomic E-state index is -2.64. The highest BCUT2D eigenvalue weighted by molar-refractivity contribution is 7.84. The van der Waals surface area contributed by atoms with Crippen molar-refractivity contribution < 1.29 is 17.8 Å². The number of halogens is 2. The summed E-state index contributed by atoms with van der Waals surface area (Å²) in [6.45, 7) is 8.29. The van der Waals surface area contributed by atoms with Crippen molar-refractivity contribution in [1.29, 1.82) is 5.26 Å². The summed E-state index contributed by atoms with van der Waals surface area (Å²) in [5, 5.41) is 12.1. The SMILES string of the molecule is C=C1C(C(=O)NCc2ccc(S(C)=O)cc2)=CN(C(C)c2ccc(C#N)cc2)C(C)=C1c1cccc(C(F)F)c1. The first-order valence-corrected chi connectivity index (χ1v) is 14.2. The highest BCUT2D eigenvalue weighted by atomic mass is 32.2. The van der Waals surface area contributed by atoms with Gasteiger partial charge in [0.05, 0.1) is 23.2 Å². The monoisotopic (exact) mass is 557 g/mol. The van der Waals surface area contributed by atoms with Crippen LogP contribution in [-0.2, 0) is 22.1 Å². The van der Waals surface area contributed by atoms with Crippen LogP contribution in [0.3, 0.4) is 0 Å². The van der Waals surface area contributed by atoms with Crippen molar-refractivity contribution in [3.05, 3.63) is 130 Å². The predicted molar refractivity (Wildman–Crippen MR) is 153 cm³/mol. The van der Waals surface area contributed by atoms with E-state index in [1.165, 1.54) is 12.1 Å². The number of nitrogens with one attached hydrogen (secondary N) is 1. The van der Waals surface area contributed by atoms with Crippen LogP contribution in [0.15, 0.2) is 107 Å². The molecule has 1 aliphatic rings. The zero-order valence-corrected chi connectivity index (χ0v) is 23.3. The first kappa shape index (κ1) is 28.7. The minimum Gasteiger partial charge on any atom is -0.348 e. The number of nitrogens with zero attached hydrogens (tertiary/aromatic N) is 2. The van der Waals surface area contributed by atoms with E-state index in [1.807, 2.05) is 43.0 Å². The number of allylic oxidation sites excluding steroid dienone is 2. The molecule has 8 heteroatoms. The number of rotatable bonds is 8. The van der Waals surface area contributed by atoms with Gasteiger partial charge in [-0.05, 0) is 66.4 Å². The number of hydrogen-bond acceptors (Lipinski definition) is 4. The van der Waals surface area contributed by atoms with Crippen LogP contribution in [0.5, 0.6) is 0 Å². The van der Waals surface area contributed by atoms with E-state index in [2.05, 4.69) is 18.0 Å². The molecule has 1 heterocycles. The van der Waals surface area contributed by atoms with Crippen LogP contribution >= 0.6 is 0 Å². The Kier molecular flexibility index (Phi) is 8.76. The predicted octanol–water partition coefficient (Wildman–Crippen LogP) is 6.80. The van der Waals surface area contributed by atoms with Crippen molar-refractivity contribution in [2.45, 2.75) is 37.8 Å². The van der Waals surface area contributed by atoms with E-state index in [1.54, 1.807) is 48.9 Å². The highest BCUT2D eigenvalue weighted by Gasteiger charge is 2.29. The van der Waals surface area contributed by atoms with Gasteiger partial charge >= 0.3 is 0 Å². The second kappa shape index (κ2) is 12.2. The number of benzene rings is 3. The molecule has 5 nitrogen and oxygen atoms in total. The van der Waals surface area contributed by atoms with Gasteiger partial charge in [-0.15, -0.1) is 0 Å². The maximum absolute atomic E-state index is 13.6. The summed E-state index contributed by atoms with van der Waals surface area (Å²) in [5.74, 6) is -0.361. The van der Waals surface area contributed by atoms with Gasteiger partial charge in [0, 0.05) is 51.5 Å². The fourth-order valence-electron chi connectivity index (χ4n) is 4.68. The Morgan fingerprint density at radius 2 is 1.75 bits per heavy atom. The summed E-state index contributed by atoms with van der Waals surface area (Å²) < 4.78 is 38.8. The normalized spacial score (nSPS) is 15.0. The summed E-state index contributed by atoms with van der Waals surface area (Å²) in [5.41, 5.74) is 4.82. The first-order valence-electron chi connectivity index (χ1n) is 12.6. The molecule has 1 N–H and O–H groups in total. The number of nitriles is 1. The fourth-order valence-corrected chi connectivity index (χ4v) is 5.20. The highest BCUT2D eigenvalue weighted by Crippen LogP contribution is 2.40. The number of hydrogen-bond donors (Lipinski definition) is 1. The fraction of sp³-hybridized carbons (Fsp3) is 0.188. The molecule has 40 heavy (non-hydrogen) atoms. The van der Waals surface area contributed by atoms with E-state index >= 15 is 0 Å². The van der Waals surface area contributed by atoms with Gasteiger partial charge in [-0.1, -0.05) is 49.0 Å². The third-order valence-electron chi connectivity index (χ3n) is 6.96. The van der Waals surface area contributed by atoms with Gasteiger partial charge in [0.2, 0.25) is 0 Å². The molecule has 1 amide bonds. The first-order chi connectivity index (χ1) is 19.1. The van der Waals surface area contributed by atoms with Crippen molar-refractivity contribution >= 4 is 22.3 Å². The quantitative estimate of drug-likeness (QED) is 0.331. The standard InChI is InChI=1S/C32H29F2N3O2S/c1-20-29(32(38)36-18-24-10-14-28(15-11-24)40(4)39)19-37(21(2)25-12-8-23(17-35)9-13-25)22(3)30(20)26-6-5-7-27(16-26)31(33)34/h5-16,19,21,31H,1,18H2,2-4H3,(H,36,38). The molecule has 0 spiro atoms. The van der Waals surface area contributed by atoms with Gasteiger partial charge in [0.15, 0.2) is 0 Å². The molecule has 0 saturated heterocycles. The van der Waals surface area contributed by atoms with Crippen molar-refractivity contribution in [3.8, 4) is 6.07 Å². The van der Waals surface area contributed by atoms with Gasteiger partial charge in [-0.3, -0.25) is 9.00 Å². The molecule has 4 rings (SSSR count). The molecular weight excluding hydrogens is 528 g/mol. The largest absolute Gasteiger partial charge is 0.348 e. The maximum Gasteiger partial charge on any atom is 0.263 e. The van der Waals surface area contributed by atoms with Crippen molar-refractivity contribution in [3.63, 3.8) is 0 Å². The third kappa shape index (κ3) is 6.11. The molecule has 204 valence electrons. The Labute approximate surface area is 235 Å². The van der Waals surface area contributed by atoms with Gasteiger partial charge in [0.25, 0.3) is 12.3 Å². The van der Waals surface area contributed by atoms with Crippen LogP contribution in [0.2, 0.25) is 0 Å². The topological polar surface area (TPSA) is 73.2 Å². The van der Waals surface area contributed by atoms with Crippen LogP contribution in [0.1, 0.15) is 54.1 Å². The third-order valence-corrected chi connectivity index (χ3v) is 7.90. The van der Waals surface area contributed by atoms with Gasteiger partial charge < -0.3 is 10.2 Å². The summed E-state index contributed by atoms with van der Waals surface area (Å²) in [7, 11) is -1.10. The van der Waals surface area contributed by atoms with Crippen molar-refractivity contribution in [2.24, 2.45) is 0 Å². The Morgan fingerprint density at radius 3 is 2.35 bits per heavy atom. The molecule has 0 aliphatic carbocycles. The molecule has 3 aromatic rings. The Morgan fingerprint density at radius 1 is 1.07 bits per heavy atom. The molecule has 0 bridgehead atoms. The smallest absolute Gasteiger partial charge is 0.263 e. The summed E-state index contributed by atoms with van der Waals surface area (Å²) in [6.07, 6.45) is 0.702. The Balaban J connectivity index is 1.70. The molecular formula is C32H29F2N3O2S. The summed E-state index contributed by atoms with van der Waals surface area (Å²) >= 11 is 0. The number of carbonyl (C=O) groups is 1. The van der Waals surface area contributed by atoms with E-state index in [-0.39, 0.29) is 24.1 Å². The average Bonchev–Trinajstić information content (AvgIpc) is 2.96. The van der Waals surface area contributed by atoms with E-state index in [9.17, 15) is 23.0 Å². The molecule has 3 aromatic carbocycles. The number of amides is 1. The van der Waals surface area contributed by atoms with E-state index in [0.29, 0.717) is 32.7 Å². The second-order valence-corrected chi connectivity index (χ2v) is 10.9. The van der Waals surface area contributed by atoms with Crippen LogP contribution in [-0.4, -0.2) is 21.3 Å². The summed E-state index contributed by atoms with van der Waals surface area (Å²) in [4.78, 5) is 16.1. The lowest BCUT2D eigenvalue weighted by Crippen LogP contribution is -2.31. The van der Waals surface area contributed by atoms with Crippen molar-refractivity contribution in [1.82, 2.24) is 10.2 Å². The van der Waals surface area contributed by atoms with E-state index in [4.69, 9.17) is 0 Å². The average molecular weight is 558 g/mol. The van der Waals surface area contributed by atoms with Gasteiger partial charge in [-0.2, -0.15) is 5.26 Å².